The zero-order valence-electron chi connectivity index (χ0n) is 22.3. The molecule has 0 spiro atoms. The highest BCUT2D eigenvalue weighted by Crippen LogP contribution is 2.31. The van der Waals surface area contributed by atoms with E-state index < -0.39 is 50.2 Å². The van der Waals surface area contributed by atoms with Crippen molar-refractivity contribution >= 4 is 68.3 Å². The molecule has 3 aliphatic heterocycles. The third-order valence-corrected chi connectivity index (χ3v) is 8.13. The Bertz CT molecular complexity index is 1530. The maximum Gasteiger partial charge on any atom is 1.20 e. The van der Waals surface area contributed by atoms with E-state index in [1.807, 2.05) is 0 Å². The van der Waals surface area contributed by atoms with Gasteiger partial charge in [-0.3, -0.25) is 0 Å². The Hall–Kier alpha value is -4.90. The summed E-state index contributed by atoms with van der Waals surface area (Å²) in [7, 11) is 0. The highest BCUT2D eigenvalue weighted by Gasteiger charge is 2.57. The molecule has 3 aliphatic rings. The fraction of sp³-hybridized carbons (Fsp3) is 0.100. The molecule has 0 aliphatic carbocycles. The quantitative estimate of drug-likeness (QED) is 0.229. The van der Waals surface area contributed by atoms with Gasteiger partial charge in [-0.05, 0) is 53.1 Å². The summed E-state index contributed by atoms with van der Waals surface area (Å²) in [5.41, 5.74) is -3.99. The van der Waals surface area contributed by atoms with Crippen LogP contribution in [0.2, 0.25) is 0 Å². The van der Waals surface area contributed by atoms with Crippen LogP contribution in [0, 0.1) is 0 Å². The van der Waals surface area contributed by atoms with E-state index in [1.165, 1.54) is 18.2 Å². The van der Waals surface area contributed by atoms with Gasteiger partial charge in [-0.1, -0.05) is 72.8 Å². The number of aliphatic hydroxyl groups is 3. The van der Waals surface area contributed by atoms with E-state index in [-0.39, 0.29) is 0 Å². The van der Waals surface area contributed by atoms with Crippen LogP contribution in [0.1, 0.15) is 16.7 Å². The van der Waals surface area contributed by atoms with Crippen LogP contribution in [0.25, 0.3) is 18.2 Å². The van der Waals surface area contributed by atoms with Gasteiger partial charge in [0.2, 0.25) is 0 Å². The van der Waals surface area contributed by atoms with Gasteiger partial charge >= 0.3 is 33.1 Å². The maximum absolute atomic E-state index is 13.2. The number of anilines is 3. The number of para-hydroxylation sites is 3. The van der Waals surface area contributed by atoms with Crippen molar-refractivity contribution in [3.05, 3.63) is 108 Å². The van der Waals surface area contributed by atoms with Gasteiger partial charge in [0.1, 0.15) is 0 Å². The molecule has 3 heterocycles. The Labute approximate surface area is 249 Å². The van der Waals surface area contributed by atoms with Crippen molar-refractivity contribution in [2.45, 2.75) is 17.2 Å². The lowest BCUT2D eigenvalue weighted by Crippen LogP contribution is -2.55. The molecule has 0 aromatic heterocycles. The predicted octanol–water partition coefficient (Wildman–Crippen LogP) is 2.08. The average molecular weight is 598 g/mol. The minimum Gasteiger partial charge on any atom is -0.547 e. The number of hydrogen-bond acceptors (Lipinski definition) is 12. The molecule has 3 aromatic rings. The highest BCUT2D eigenvalue weighted by atomic mass is 27.3. The van der Waals surface area contributed by atoms with Crippen LogP contribution in [-0.4, -0.2) is 65.6 Å². The number of benzene rings is 3. The van der Waals surface area contributed by atoms with Crippen LogP contribution >= 0.6 is 0 Å². The SMILES string of the molecule is O=C([O][Al]([O]C(=O)C1(O)C=Cc2ccccc2N1)[O]C(=O)C1(O)C=Cc2ccccc2N1)C1(O)C=Cc2ccccc2N1. The zero-order valence-corrected chi connectivity index (χ0v) is 23.4. The third-order valence-electron chi connectivity index (χ3n) is 6.91. The van der Waals surface area contributed by atoms with Crippen LogP contribution in [0.4, 0.5) is 17.1 Å². The monoisotopic (exact) mass is 597 g/mol. The first kappa shape index (κ1) is 28.2. The molecule has 6 rings (SSSR count). The minimum absolute atomic E-state index is 0.408. The number of rotatable bonds is 6. The fourth-order valence-corrected chi connectivity index (χ4v) is 5.81. The molecule has 6 N–H and O–H groups in total. The van der Waals surface area contributed by atoms with Crippen LogP contribution in [0.15, 0.2) is 91.0 Å². The van der Waals surface area contributed by atoms with E-state index in [2.05, 4.69) is 16.0 Å². The number of nitrogens with one attached hydrogen (secondary N) is 3. The summed E-state index contributed by atoms with van der Waals surface area (Å²) in [6.07, 6.45) is 7.82. The van der Waals surface area contributed by atoms with Gasteiger partial charge in [-0.15, -0.1) is 0 Å². The summed E-state index contributed by atoms with van der Waals surface area (Å²) in [5, 5.41) is 41.0. The van der Waals surface area contributed by atoms with Gasteiger partial charge in [0.25, 0.3) is 17.2 Å². The first-order valence-electron chi connectivity index (χ1n) is 13.1. The van der Waals surface area contributed by atoms with Gasteiger partial charge in [-0.25, -0.2) is 14.4 Å². The number of carbonyl (C=O) groups excluding carboxylic acids is 3. The number of fused-ring (bicyclic) bond motifs is 3. The Balaban J connectivity index is 1.24. The molecule has 3 unspecified atom stereocenters. The number of carbonyl (C=O) groups is 3. The van der Waals surface area contributed by atoms with Crippen molar-refractivity contribution in [2.24, 2.45) is 0 Å². The Morgan fingerprint density at radius 3 is 1.09 bits per heavy atom. The number of hydrogen-bond donors (Lipinski definition) is 6. The first-order chi connectivity index (χ1) is 20.6. The van der Waals surface area contributed by atoms with E-state index in [9.17, 15) is 29.7 Å². The van der Waals surface area contributed by atoms with E-state index in [0.717, 1.165) is 18.2 Å². The van der Waals surface area contributed by atoms with E-state index >= 15 is 0 Å². The Morgan fingerprint density at radius 1 is 0.512 bits per heavy atom. The molecule has 12 nitrogen and oxygen atoms in total. The van der Waals surface area contributed by atoms with Crippen molar-refractivity contribution in [1.29, 1.82) is 0 Å². The lowest BCUT2D eigenvalue weighted by molar-refractivity contribution is -0.163. The molecule has 216 valence electrons. The molecular weight excluding hydrogens is 573 g/mol. The third kappa shape index (κ3) is 5.51. The van der Waals surface area contributed by atoms with Crippen molar-refractivity contribution in [3.8, 4) is 0 Å². The van der Waals surface area contributed by atoms with Crippen LogP contribution in [0.5, 0.6) is 0 Å². The predicted molar refractivity (Wildman–Crippen MR) is 156 cm³/mol. The molecule has 43 heavy (non-hydrogen) atoms. The van der Waals surface area contributed by atoms with Crippen molar-refractivity contribution < 1.29 is 41.1 Å². The normalized spacial score (nSPS) is 24.1. The van der Waals surface area contributed by atoms with Gasteiger partial charge in [-0.2, -0.15) is 0 Å². The van der Waals surface area contributed by atoms with Crippen LogP contribution in [-0.2, 0) is 25.7 Å². The second-order valence-electron chi connectivity index (χ2n) is 9.94. The summed E-state index contributed by atoms with van der Waals surface area (Å²) >= 11 is -4.26. The molecular formula is C30H24AlN3O9. The second-order valence-corrected chi connectivity index (χ2v) is 11.2. The van der Waals surface area contributed by atoms with Gasteiger partial charge < -0.3 is 42.6 Å². The summed E-state index contributed by atoms with van der Waals surface area (Å²) in [4.78, 5) is 39.7. The van der Waals surface area contributed by atoms with Crippen LogP contribution in [0.3, 0.4) is 0 Å². The second kappa shape index (κ2) is 10.7. The summed E-state index contributed by atoms with van der Waals surface area (Å²) in [5.74, 6) is -4.07. The molecule has 0 saturated carbocycles. The van der Waals surface area contributed by atoms with E-state index in [4.69, 9.17) is 11.4 Å². The summed E-state index contributed by atoms with van der Waals surface area (Å²) in [6, 6.07) is 20.5. The highest BCUT2D eigenvalue weighted by molar-refractivity contribution is 6.45. The topological polar surface area (TPSA) is 176 Å². The summed E-state index contributed by atoms with van der Waals surface area (Å²) in [6.45, 7) is 0. The van der Waals surface area contributed by atoms with Crippen LogP contribution < -0.4 is 16.0 Å². The first-order valence-corrected chi connectivity index (χ1v) is 14.5. The fourth-order valence-electron chi connectivity index (χ4n) is 4.60. The standard InChI is InChI=1S/3C10H9NO3.Al/c3*12-9(13)10(14)6-5-7-3-1-2-4-8(7)11-10;/h3*1-6,11,14H,(H,12,13);/q;;;+3/p-3. The molecule has 13 heteroatoms. The smallest absolute Gasteiger partial charge is 0.547 e. The van der Waals surface area contributed by atoms with Gasteiger partial charge in [0.15, 0.2) is 0 Å². The van der Waals surface area contributed by atoms with E-state index in [0.29, 0.717) is 33.8 Å². The maximum atomic E-state index is 13.2. The van der Waals surface area contributed by atoms with E-state index in [1.54, 1.807) is 72.8 Å². The summed E-state index contributed by atoms with van der Waals surface area (Å²) < 4.78 is 15.9. The minimum atomic E-state index is -4.26. The molecule has 0 bridgehead atoms. The lowest BCUT2D eigenvalue weighted by Gasteiger charge is -2.33. The lowest BCUT2D eigenvalue weighted by atomic mass is 10.0. The molecule has 0 radical (unpaired) electrons. The van der Waals surface area contributed by atoms with Gasteiger partial charge in [0, 0.05) is 17.1 Å². The van der Waals surface area contributed by atoms with Crippen molar-refractivity contribution in [2.75, 3.05) is 16.0 Å². The van der Waals surface area contributed by atoms with Crippen molar-refractivity contribution in [1.82, 2.24) is 0 Å². The van der Waals surface area contributed by atoms with Crippen molar-refractivity contribution in [3.63, 3.8) is 0 Å². The Kier molecular flexibility index (Phi) is 7.05. The Morgan fingerprint density at radius 2 is 0.791 bits per heavy atom. The largest absolute Gasteiger partial charge is 1.20 e. The molecule has 0 saturated heterocycles. The molecule has 3 atom stereocenters. The molecule has 0 fully saturated rings. The molecule has 0 amide bonds. The average Bonchev–Trinajstić information content (AvgIpc) is 3.00. The van der Waals surface area contributed by atoms with Gasteiger partial charge in [0.05, 0.1) is 0 Å². The molecule has 3 aromatic carbocycles. The zero-order chi connectivity index (χ0) is 30.2.